The molecule has 0 saturated heterocycles. The molecule has 0 amide bonds. The Kier molecular flexibility index (Phi) is 2.72. The van der Waals surface area contributed by atoms with Crippen molar-refractivity contribution < 1.29 is 24.6 Å². The molecule has 0 rings (SSSR count). The molecule has 0 N–H and O–H groups in total. The lowest BCUT2D eigenvalue weighted by molar-refractivity contribution is 0.505. The minimum Gasteiger partial charge on any atom is -0.234 e. The Morgan fingerprint density at radius 2 is 0.889 bits per heavy atom. The van der Waals surface area contributed by atoms with Crippen LogP contribution in [0.4, 0.5) is 24.6 Å². The molecule has 0 aromatic carbocycles. The molecule has 0 atom stereocenters. The van der Waals surface area contributed by atoms with E-state index >= 15 is 0 Å². The molecule has 0 aliphatic heterocycles. The second-order valence-corrected chi connectivity index (χ2v) is 9.76. The van der Waals surface area contributed by atoms with E-state index in [1.807, 2.05) is 0 Å². The Morgan fingerprint density at radius 1 is 0.667 bits per heavy atom. The van der Waals surface area contributed by atoms with Gasteiger partial charge in [-0.2, -0.15) is 0 Å². The van der Waals surface area contributed by atoms with Gasteiger partial charge in [0.1, 0.15) is 0 Å². The van der Waals surface area contributed by atoms with Crippen LogP contribution in [-0.4, -0.2) is 17.5 Å². The first-order valence-corrected chi connectivity index (χ1v) is 7.90. The maximum atomic E-state index is 11.0. The molecule has 0 bridgehead atoms. The van der Waals surface area contributed by atoms with Crippen LogP contribution in [-0.2, 0) is 0 Å². The molecule has 0 aliphatic rings. The van der Waals surface area contributed by atoms with Gasteiger partial charge < -0.3 is 0 Å². The molecule has 0 unspecified atom stereocenters. The standard InChI is InChI=1S/F6HPSi2/c1-8(2,3)7-9(4,5)6/h7H. The number of hydrogen-bond donors (Lipinski definition) is 0. The SMILES string of the molecule is F[Si](F)(F)P[Si](F)(F)F. The summed E-state index contributed by atoms with van der Waals surface area (Å²) in [5, 5.41) is 0. The second-order valence-electron chi connectivity index (χ2n) is 1.12. The lowest BCUT2D eigenvalue weighted by atomic mass is 18.7. The monoisotopic (exact) mass is 202 g/mol. The Labute approximate surface area is 50.8 Å². The van der Waals surface area contributed by atoms with Crippen LogP contribution in [0.25, 0.3) is 0 Å². The van der Waals surface area contributed by atoms with Crippen molar-refractivity contribution in [3.8, 4) is 0 Å². The van der Waals surface area contributed by atoms with Crippen LogP contribution in [0.15, 0.2) is 0 Å². The number of halogens is 6. The van der Waals surface area contributed by atoms with Crippen molar-refractivity contribution in [3.05, 3.63) is 0 Å². The van der Waals surface area contributed by atoms with Crippen LogP contribution < -0.4 is 0 Å². The van der Waals surface area contributed by atoms with Gasteiger partial charge in [-0.15, -0.1) is 0 Å². The average molecular weight is 202 g/mol. The van der Waals surface area contributed by atoms with Gasteiger partial charge in [0, 0.05) is 0 Å². The van der Waals surface area contributed by atoms with Gasteiger partial charge in [-0.1, -0.05) is 0 Å². The molecule has 9 heteroatoms. The van der Waals surface area contributed by atoms with Crippen molar-refractivity contribution in [1.29, 1.82) is 0 Å². The molecule has 0 aromatic heterocycles. The number of hydrogen-bond acceptors (Lipinski definition) is 0. The van der Waals surface area contributed by atoms with Gasteiger partial charge in [-0.3, -0.25) is 0 Å². The topological polar surface area (TPSA) is 0 Å². The molecular weight excluding hydrogens is 201 g/mol. The molecule has 9 heavy (non-hydrogen) atoms. The van der Waals surface area contributed by atoms with Crippen molar-refractivity contribution in [2.45, 2.75) is 0 Å². The highest BCUT2D eigenvalue weighted by atomic mass is 31.6. The Balaban J connectivity index is 3.75. The maximum absolute atomic E-state index is 11.0. The molecule has 56 valence electrons. The zero-order valence-corrected chi connectivity index (χ0v) is 6.77. The summed E-state index contributed by atoms with van der Waals surface area (Å²) in [5.41, 5.74) is 0. The van der Waals surface area contributed by atoms with Crippen molar-refractivity contribution in [2.24, 2.45) is 0 Å². The molecule has 0 spiro atoms. The predicted octanol–water partition coefficient (Wildman–Crippen LogP) is 2.35. The first-order chi connectivity index (χ1) is 3.71. The fraction of sp³-hybridized carbons (Fsp3) is 0. The summed E-state index contributed by atoms with van der Waals surface area (Å²) in [4.78, 5) is 0. The fourth-order valence-electron chi connectivity index (χ4n) is 0.161. The summed E-state index contributed by atoms with van der Waals surface area (Å²) in [5.74, 6) is 0. The van der Waals surface area contributed by atoms with E-state index in [2.05, 4.69) is 0 Å². The van der Waals surface area contributed by atoms with Crippen LogP contribution in [0.3, 0.4) is 0 Å². The molecular formula is HF6PSi2. The molecule has 0 heterocycles. The van der Waals surface area contributed by atoms with Gasteiger partial charge in [-0.25, -0.2) is 24.6 Å². The maximum Gasteiger partial charge on any atom is 0.642 e. The van der Waals surface area contributed by atoms with Crippen LogP contribution in [0, 0.1) is 0 Å². The molecule has 0 fully saturated rings. The lowest BCUT2D eigenvalue weighted by Crippen LogP contribution is -2.19. The first kappa shape index (κ1) is 9.44. The largest absolute Gasteiger partial charge is 0.642 e. The Bertz CT molecular complexity index is 76.2. The molecule has 0 nitrogen and oxygen atoms in total. The van der Waals surface area contributed by atoms with E-state index in [1.165, 1.54) is 0 Å². The third kappa shape index (κ3) is 8.44. The second kappa shape index (κ2) is 2.59. The minimum absolute atomic E-state index is 2.67. The van der Waals surface area contributed by atoms with E-state index in [0.29, 0.717) is 0 Å². The van der Waals surface area contributed by atoms with Crippen molar-refractivity contribution in [2.75, 3.05) is 0 Å². The van der Waals surface area contributed by atoms with Gasteiger partial charge in [0.2, 0.25) is 0 Å². The van der Waals surface area contributed by atoms with Crippen LogP contribution in [0.1, 0.15) is 0 Å². The lowest BCUT2D eigenvalue weighted by Gasteiger charge is -2.01. The van der Waals surface area contributed by atoms with Gasteiger partial charge in [0.25, 0.3) is 0 Å². The third-order valence-corrected chi connectivity index (χ3v) is 7.65. The van der Waals surface area contributed by atoms with E-state index in [-0.39, 0.29) is 0 Å². The van der Waals surface area contributed by atoms with Crippen LogP contribution in [0.2, 0.25) is 0 Å². The van der Waals surface area contributed by atoms with E-state index < -0.39 is 25.2 Å². The predicted molar refractivity (Wildman–Crippen MR) is 26.5 cm³/mol. The summed E-state index contributed by atoms with van der Waals surface area (Å²) in [6.45, 7) is 0. The highest BCUT2D eigenvalue weighted by molar-refractivity contribution is 8.02. The average Bonchev–Trinajstić information content (AvgIpc) is 1.14. The first-order valence-electron chi connectivity index (χ1n) is 1.63. The Hall–Kier alpha value is 0.444. The molecule has 0 saturated carbocycles. The van der Waals surface area contributed by atoms with E-state index in [4.69, 9.17) is 0 Å². The summed E-state index contributed by atoms with van der Waals surface area (Å²) < 4.78 is 66.1. The molecule has 0 aromatic rings. The molecule has 0 aliphatic carbocycles. The van der Waals surface area contributed by atoms with Crippen LogP contribution in [0.5, 0.6) is 0 Å². The summed E-state index contributed by atoms with van der Waals surface area (Å²) in [6.07, 6.45) is 0. The molecule has 0 radical (unpaired) electrons. The van der Waals surface area contributed by atoms with Crippen molar-refractivity contribution in [1.82, 2.24) is 0 Å². The zero-order valence-electron chi connectivity index (χ0n) is 3.77. The van der Waals surface area contributed by atoms with Gasteiger partial charge in [0.15, 0.2) is 0 Å². The summed E-state index contributed by atoms with van der Waals surface area (Å²) >= 11 is 0. The minimum atomic E-state index is -6.33. The normalized spacial score (nSPS) is 14.0. The van der Waals surface area contributed by atoms with E-state index in [1.54, 1.807) is 0 Å². The fourth-order valence-corrected chi connectivity index (χ4v) is 4.34. The quantitative estimate of drug-likeness (QED) is 0.279. The summed E-state index contributed by atoms with van der Waals surface area (Å²) in [7, 11) is -15.3. The van der Waals surface area contributed by atoms with Crippen molar-refractivity contribution in [3.63, 3.8) is 0 Å². The Morgan fingerprint density at radius 3 is 0.889 bits per heavy atom. The smallest absolute Gasteiger partial charge is 0.234 e. The highest BCUT2D eigenvalue weighted by Crippen LogP contribution is 2.42. The zero-order chi connectivity index (χ0) is 7.71. The van der Waals surface area contributed by atoms with E-state index in [0.717, 1.165) is 0 Å². The van der Waals surface area contributed by atoms with E-state index in [9.17, 15) is 24.6 Å². The van der Waals surface area contributed by atoms with Crippen LogP contribution >= 0.6 is 7.68 Å². The van der Waals surface area contributed by atoms with Gasteiger partial charge >= 0.3 is 17.5 Å². The van der Waals surface area contributed by atoms with Gasteiger partial charge in [0.05, 0.1) is 7.68 Å². The van der Waals surface area contributed by atoms with Gasteiger partial charge in [-0.05, 0) is 0 Å². The summed E-state index contributed by atoms with van der Waals surface area (Å²) in [6, 6.07) is 0. The number of rotatable bonds is 2. The van der Waals surface area contributed by atoms with Crippen molar-refractivity contribution >= 4 is 25.2 Å². The third-order valence-electron chi connectivity index (χ3n) is 0.283. The highest BCUT2D eigenvalue weighted by Gasteiger charge is 2.54.